The molecule has 88 valence electrons. The maximum atomic E-state index is 10.7. The van der Waals surface area contributed by atoms with E-state index in [1.54, 1.807) is 0 Å². The molecule has 1 fully saturated rings. The van der Waals surface area contributed by atoms with Crippen molar-refractivity contribution < 1.29 is 14.4 Å². The Balaban J connectivity index is 2.38. The molecule has 0 aromatic carbocycles. The molecule has 0 aromatic heterocycles. The van der Waals surface area contributed by atoms with Crippen molar-refractivity contribution in [1.82, 2.24) is 9.80 Å². The number of rotatable bonds is 4. The van der Waals surface area contributed by atoms with Gasteiger partial charge >= 0.3 is 7.60 Å². The van der Waals surface area contributed by atoms with Gasteiger partial charge in [0.1, 0.15) is 0 Å². The van der Waals surface area contributed by atoms with E-state index >= 15 is 0 Å². The minimum atomic E-state index is -3.88. The zero-order valence-corrected chi connectivity index (χ0v) is 9.73. The van der Waals surface area contributed by atoms with Crippen LogP contribution in [-0.4, -0.2) is 64.3 Å². The number of hydrogen-bond acceptors (Lipinski definition) is 3. The Hall–Kier alpha value is -0.420. The van der Waals surface area contributed by atoms with Gasteiger partial charge in [-0.2, -0.15) is 0 Å². The minimum absolute atomic E-state index is 0.0814. The summed E-state index contributed by atoms with van der Waals surface area (Å²) in [6, 6.07) is 0.242. The van der Waals surface area contributed by atoms with E-state index in [0.717, 1.165) is 19.6 Å². The Morgan fingerprint density at radius 1 is 1.53 bits per heavy atom. The van der Waals surface area contributed by atoms with Crippen LogP contribution in [0.4, 0.5) is 0 Å². The van der Waals surface area contributed by atoms with Crippen molar-refractivity contribution in [2.24, 2.45) is 0 Å². The Morgan fingerprint density at radius 2 is 2.20 bits per heavy atom. The van der Waals surface area contributed by atoms with E-state index in [0.29, 0.717) is 6.54 Å². The maximum absolute atomic E-state index is 10.7. The highest BCUT2D eigenvalue weighted by Gasteiger charge is 2.24. The average Bonchev–Trinajstić information content (AvgIpc) is 2.14. The normalized spacial score (nSPS) is 24.2. The predicted molar refractivity (Wildman–Crippen MR) is 58.3 cm³/mol. The Kier molecular flexibility index (Phi) is 4.28. The molecule has 3 N–H and O–H groups in total. The quantitative estimate of drug-likeness (QED) is 0.356. The summed E-state index contributed by atoms with van der Waals surface area (Å²) in [5, 5.41) is 7.11. The summed E-state index contributed by atoms with van der Waals surface area (Å²) in [4.78, 5) is 21.5. The summed E-state index contributed by atoms with van der Waals surface area (Å²) < 4.78 is 10.7. The molecule has 1 heterocycles. The molecule has 1 rings (SSSR count). The van der Waals surface area contributed by atoms with Crippen molar-refractivity contribution in [3.05, 3.63) is 0 Å². The molecule has 0 saturated carbocycles. The third kappa shape index (κ3) is 4.30. The topological polar surface area (TPSA) is 87.9 Å². The SMILES string of the molecule is CC1CN(C=N)CCN1CCP(=O)(O)O. The Bertz CT molecular complexity index is 268. The van der Waals surface area contributed by atoms with Gasteiger partial charge in [0.2, 0.25) is 0 Å². The fraction of sp³-hybridized carbons (Fsp3) is 0.875. The molecule has 0 amide bonds. The minimum Gasteiger partial charge on any atom is -0.360 e. The molecule has 1 unspecified atom stereocenters. The van der Waals surface area contributed by atoms with Crippen molar-refractivity contribution in [2.75, 3.05) is 32.3 Å². The second-order valence-electron chi connectivity index (χ2n) is 3.90. The van der Waals surface area contributed by atoms with Crippen LogP contribution in [0, 0.1) is 5.41 Å². The van der Waals surface area contributed by atoms with Gasteiger partial charge in [0.05, 0.1) is 12.5 Å². The van der Waals surface area contributed by atoms with Gasteiger partial charge in [-0.3, -0.25) is 14.9 Å². The van der Waals surface area contributed by atoms with Gasteiger partial charge in [-0.15, -0.1) is 0 Å². The molecule has 6 nitrogen and oxygen atoms in total. The van der Waals surface area contributed by atoms with Crippen LogP contribution in [0.2, 0.25) is 0 Å². The van der Waals surface area contributed by atoms with Crippen LogP contribution in [0.3, 0.4) is 0 Å². The fourth-order valence-corrected chi connectivity index (χ4v) is 2.25. The number of hydrogen-bond donors (Lipinski definition) is 3. The van der Waals surface area contributed by atoms with E-state index in [-0.39, 0.29) is 12.2 Å². The standard InChI is InChI=1S/C8H18N3O3P/c1-8-6-10(7-9)2-3-11(8)4-5-15(12,13)14/h7-9H,2-6H2,1H3,(H2,12,13,14). The first-order valence-electron chi connectivity index (χ1n) is 4.95. The van der Waals surface area contributed by atoms with Crippen LogP contribution in [0.25, 0.3) is 0 Å². The smallest absolute Gasteiger partial charge is 0.326 e. The maximum Gasteiger partial charge on any atom is 0.326 e. The highest BCUT2D eigenvalue weighted by molar-refractivity contribution is 7.51. The van der Waals surface area contributed by atoms with Crippen molar-refractivity contribution in [1.29, 1.82) is 5.41 Å². The number of nitrogens with zero attached hydrogens (tertiary/aromatic N) is 2. The van der Waals surface area contributed by atoms with E-state index in [2.05, 4.69) is 4.90 Å². The summed E-state index contributed by atoms with van der Waals surface area (Å²) >= 11 is 0. The summed E-state index contributed by atoms with van der Waals surface area (Å²) in [6.45, 7) is 4.71. The third-order valence-corrected chi connectivity index (χ3v) is 3.44. The first kappa shape index (κ1) is 12.6. The van der Waals surface area contributed by atoms with Crippen LogP contribution in [0.1, 0.15) is 6.92 Å². The second kappa shape index (κ2) is 5.07. The van der Waals surface area contributed by atoms with E-state index < -0.39 is 7.60 Å². The van der Waals surface area contributed by atoms with Gasteiger partial charge in [-0.1, -0.05) is 0 Å². The van der Waals surface area contributed by atoms with Crippen molar-refractivity contribution in [2.45, 2.75) is 13.0 Å². The van der Waals surface area contributed by atoms with Gasteiger partial charge in [0, 0.05) is 32.2 Å². The van der Waals surface area contributed by atoms with Crippen molar-refractivity contribution in [3.63, 3.8) is 0 Å². The van der Waals surface area contributed by atoms with Crippen LogP contribution in [0.15, 0.2) is 0 Å². The molecule has 0 spiro atoms. The van der Waals surface area contributed by atoms with Gasteiger partial charge < -0.3 is 14.7 Å². The van der Waals surface area contributed by atoms with E-state index in [1.807, 2.05) is 11.8 Å². The molecule has 7 heteroatoms. The lowest BCUT2D eigenvalue weighted by atomic mass is 10.2. The first-order valence-corrected chi connectivity index (χ1v) is 6.75. The number of piperazine rings is 1. The van der Waals surface area contributed by atoms with E-state index in [1.165, 1.54) is 6.34 Å². The molecular weight excluding hydrogens is 217 g/mol. The highest BCUT2D eigenvalue weighted by atomic mass is 31.2. The molecule has 1 aliphatic rings. The van der Waals surface area contributed by atoms with E-state index in [9.17, 15) is 4.57 Å². The predicted octanol–water partition coefficient (Wildman–Crippen LogP) is -0.223. The highest BCUT2D eigenvalue weighted by Crippen LogP contribution is 2.33. The van der Waals surface area contributed by atoms with Crippen LogP contribution in [0.5, 0.6) is 0 Å². The third-order valence-electron chi connectivity index (χ3n) is 2.66. The summed E-state index contributed by atoms with van der Waals surface area (Å²) in [7, 11) is -3.88. The zero-order valence-electron chi connectivity index (χ0n) is 8.83. The van der Waals surface area contributed by atoms with Crippen LogP contribution >= 0.6 is 7.60 Å². The lowest BCUT2D eigenvalue weighted by Crippen LogP contribution is -2.51. The van der Waals surface area contributed by atoms with Crippen LogP contribution < -0.4 is 0 Å². The molecule has 1 atom stereocenters. The molecular formula is C8H18N3O3P. The molecule has 1 aliphatic heterocycles. The second-order valence-corrected chi connectivity index (χ2v) is 5.67. The Labute approximate surface area is 89.5 Å². The zero-order chi connectivity index (χ0) is 11.5. The average molecular weight is 235 g/mol. The first-order chi connectivity index (χ1) is 6.92. The molecule has 0 radical (unpaired) electrons. The summed E-state index contributed by atoms with van der Waals surface area (Å²) in [5.74, 6) is 0. The molecule has 1 saturated heterocycles. The van der Waals surface area contributed by atoms with Gasteiger partial charge in [-0.25, -0.2) is 0 Å². The molecule has 0 aromatic rings. The summed E-state index contributed by atoms with van der Waals surface area (Å²) in [5.41, 5.74) is 0. The summed E-state index contributed by atoms with van der Waals surface area (Å²) in [6.07, 6.45) is 1.23. The van der Waals surface area contributed by atoms with Gasteiger partial charge in [0.15, 0.2) is 0 Å². The van der Waals surface area contributed by atoms with Gasteiger partial charge in [0.25, 0.3) is 0 Å². The number of nitrogens with one attached hydrogen (secondary N) is 1. The van der Waals surface area contributed by atoms with Crippen LogP contribution in [-0.2, 0) is 4.57 Å². The Morgan fingerprint density at radius 3 is 2.67 bits per heavy atom. The van der Waals surface area contributed by atoms with Crippen molar-refractivity contribution in [3.8, 4) is 0 Å². The largest absolute Gasteiger partial charge is 0.360 e. The fourth-order valence-electron chi connectivity index (χ4n) is 1.73. The lowest BCUT2D eigenvalue weighted by molar-refractivity contribution is 0.131. The van der Waals surface area contributed by atoms with E-state index in [4.69, 9.17) is 15.2 Å². The van der Waals surface area contributed by atoms with Gasteiger partial charge in [-0.05, 0) is 6.92 Å². The monoisotopic (exact) mass is 235 g/mol. The molecule has 0 aliphatic carbocycles. The van der Waals surface area contributed by atoms with Crippen molar-refractivity contribution >= 4 is 13.9 Å². The molecule has 0 bridgehead atoms. The lowest BCUT2D eigenvalue weighted by Gasteiger charge is -2.38. The molecule has 15 heavy (non-hydrogen) atoms.